The summed E-state index contributed by atoms with van der Waals surface area (Å²) in [5.74, 6) is -1.64. The molecule has 3 rings (SSSR count). The van der Waals surface area contributed by atoms with Gasteiger partial charge in [-0.05, 0) is 30.7 Å². The van der Waals surface area contributed by atoms with E-state index < -0.39 is 29.6 Å². The molecule has 9 heteroatoms. The molecule has 1 aliphatic rings. The van der Waals surface area contributed by atoms with Crippen molar-refractivity contribution in [3.05, 3.63) is 70.5 Å². The molecular weight excluding hydrogens is 382 g/mol. The Labute approximate surface area is 164 Å². The SMILES string of the molecule is C[C@@]1(c2cc(CC(=O)c3ncc(C#N)cc3O)ccc2F)C=C(CF)OC(N)=N1. The van der Waals surface area contributed by atoms with Gasteiger partial charge in [0.25, 0.3) is 6.02 Å². The summed E-state index contributed by atoms with van der Waals surface area (Å²) in [5, 5.41) is 18.7. The van der Waals surface area contributed by atoms with E-state index in [1.165, 1.54) is 37.4 Å². The van der Waals surface area contributed by atoms with Crippen LogP contribution in [0.4, 0.5) is 8.78 Å². The van der Waals surface area contributed by atoms with Crippen molar-refractivity contribution in [1.29, 1.82) is 5.26 Å². The van der Waals surface area contributed by atoms with Gasteiger partial charge in [-0.1, -0.05) is 6.07 Å². The smallest absolute Gasteiger partial charge is 0.288 e. The van der Waals surface area contributed by atoms with Crippen LogP contribution in [0.25, 0.3) is 0 Å². The standard InChI is InChI=1S/C20H16F2N4O3/c1-20(7-13(8-21)29-19(24)26-20)14-4-11(2-3-15(14)22)5-16(27)18-17(28)6-12(9-23)10-25-18/h2-4,6-7,10,28H,5,8H2,1H3,(H2,24,26)/t20-/m0/s1. The Morgan fingerprint density at radius 1 is 1.41 bits per heavy atom. The number of ether oxygens (including phenoxy) is 1. The van der Waals surface area contributed by atoms with E-state index in [0.29, 0.717) is 5.56 Å². The van der Waals surface area contributed by atoms with Crippen molar-refractivity contribution in [3.63, 3.8) is 0 Å². The number of rotatable bonds is 5. The molecule has 0 aliphatic carbocycles. The first-order valence-electron chi connectivity index (χ1n) is 8.48. The average Bonchev–Trinajstić information content (AvgIpc) is 2.68. The number of alkyl halides is 1. The third-order valence-electron chi connectivity index (χ3n) is 4.35. The Hall–Kier alpha value is -3.80. The van der Waals surface area contributed by atoms with E-state index in [1.807, 2.05) is 6.07 Å². The topological polar surface area (TPSA) is 122 Å². The third-order valence-corrected chi connectivity index (χ3v) is 4.35. The third kappa shape index (κ3) is 4.06. The van der Waals surface area contributed by atoms with Crippen LogP contribution in [0.5, 0.6) is 5.75 Å². The van der Waals surface area contributed by atoms with Crippen LogP contribution in [0, 0.1) is 17.1 Å². The van der Waals surface area contributed by atoms with Gasteiger partial charge in [0.15, 0.2) is 5.78 Å². The minimum absolute atomic E-state index is 0.0806. The molecule has 1 aromatic carbocycles. The van der Waals surface area contributed by atoms with E-state index in [4.69, 9.17) is 15.7 Å². The number of aromatic nitrogens is 1. The van der Waals surface area contributed by atoms with E-state index in [1.54, 1.807) is 0 Å². The summed E-state index contributed by atoms with van der Waals surface area (Å²) in [5.41, 5.74) is 4.68. The normalized spacial score (nSPS) is 18.3. The predicted molar refractivity (Wildman–Crippen MR) is 99.2 cm³/mol. The summed E-state index contributed by atoms with van der Waals surface area (Å²) in [6.45, 7) is 0.602. The van der Waals surface area contributed by atoms with Gasteiger partial charge in [0.2, 0.25) is 0 Å². The number of hydrogen-bond acceptors (Lipinski definition) is 7. The lowest BCUT2D eigenvalue weighted by atomic mass is 9.88. The van der Waals surface area contributed by atoms with Crippen LogP contribution >= 0.6 is 0 Å². The molecule has 0 bridgehead atoms. The second kappa shape index (κ2) is 7.67. The van der Waals surface area contributed by atoms with Gasteiger partial charge in [0.1, 0.15) is 41.3 Å². The zero-order chi connectivity index (χ0) is 21.2. The molecule has 1 atom stereocenters. The minimum atomic E-state index is -1.32. The molecule has 29 heavy (non-hydrogen) atoms. The van der Waals surface area contributed by atoms with Gasteiger partial charge in [0.05, 0.1) is 5.56 Å². The number of benzene rings is 1. The molecule has 148 valence electrons. The van der Waals surface area contributed by atoms with Crippen LogP contribution in [0.1, 0.15) is 34.1 Å². The molecule has 3 N–H and O–H groups in total. The highest BCUT2D eigenvalue weighted by Gasteiger charge is 2.32. The summed E-state index contributed by atoms with van der Waals surface area (Å²) >= 11 is 0. The predicted octanol–water partition coefficient (Wildman–Crippen LogP) is 2.64. The molecular formula is C20H16F2N4O3. The number of allylic oxidation sites excluding steroid dienone is 1. The number of halogens is 2. The number of aliphatic imine (C=N–C) groups is 1. The highest BCUT2D eigenvalue weighted by atomic mass is 19.1. The Morgan fingerprint density at radius 3 is 2.83 bits per heavy atom. The summed E-state index contributed by atoms with van der Waals surface area (Å²) in [6, 6.07) is 6.65. The van der Waals surface area contributed by atoms with Crippen molar-refractivity contribution < 1.29 is 23.4 Å². The fraction of sp³-hybridized carbons (Fsp3) is 0.200. The van der Waals surface area contributed by atoms with Crippen molar-refractivity contribution in [2.24, 2.45) is 10.7 Å². The molecule has 0 saturated carbocycles. The summed E-state index contributed by atoms with van der Waals surface area (Å²) < 4.78 is 32.5. The Morgan fingerprint density at radius 2 is 2.17 bits per heavy atom. The highest BCUT2D eigenvalue weighted by Crippen LogP contribution is 2.34. The van der Waals surface area contributed by atoms with Crippen LogP contribution in [-0.2, 0) is 16.7 Å². The van der Waals surface area contributed by atoms with Crippen molar-refractivity contribution in [2.75, 3.05) is 6.67 Å². The van der Waals surface area contributed by atoms with Crippen LogP contribution in [-0.4, -0.2) is 28.6 Å². The van der Waals surface area contributed by atoms with E-state index in [2.05, 4.69) is 9.98 Å². The number of pyridine rings is 1. The molecule has 7 nitrogen and oxygen atoms in total. The van der Waals surface area contributed by atoms with E-state index in [-0.39, 0.29) is 35.0 Å². The molecule has 0 fully saturated rings. The first kappa shape index (κ1) is 19.9. The summed E-state index contributed by atoms with van der Waals surface area (Å²) in [4.78, 5) is 20.4. The van der Waals surface area contributed by atoms with Gasteiger partial charge in [-0.2, -0.15) is 5.26 Å². The van der Waals surface area contributed by atoms with E-state index in [0.717, 1.165) is 6.07 Å². The van der Waals surface area contributed by atoms with Crippen molar-refractivity contribution >= 4 is 11.8 Å². The van der Waals surface area contributed by atoms with E-state index >= 15 is 0 Å². The number of carbonyl (C=O) groups is 1. The van der Waals surface area contributed by atoms with Gasteiger partial charge in [0, 0.05) is 24.2 Å². The molecule has 0 saturated heterocycles. The number of nitrogens with zero attached hydrogens (tertiary/aromatic N) is 3. The van der Waals surface area contributed by atoms with Gasteiger partial charge in [-0.25, -0.2) is 18.8 Å². The number of hydrogen-bond donors (Lipinski definition) is 2. The fourth-order valence-electron chi connectivity index (χ4n) is 3.03. The fourth-order valence-corrected chi connectivity index (χ4v) is 3.03. The number of Topliss-reactive ketones (excluding diaryl/α,β-unsaturated/α-hetero) is 1. The number of carbonyl (C=O) groups excluding carboxylic acids is 1. The molecule has 2 heterocycles. The molecule has 1 aliphatic heterocycles. The lowest BCUT2D eigenvalue weighted by Gasteiger charge is -2.28. The second-order valence-corrected chi connectivity index (χ2v) is 6.56. The number of nitriles is 1. The maximum absolute atomic E-state index is 14.5. The zero-order valence-electron chi connectivity index (χ0n) is 15.3. The van der Waals surface area contributed by atoms with Crippen LogP contribution < -0.4 is 5.73 Å². The molecule has 2 aromatic rings. The first-order valence-corrected chi connectivity index (χ1v) is 8.48. The van der Waals surface area contributed by atoms with E-state index in [9.17, 15) is 18.7 Å². The zero-order valence-corrected chi connectivity index (χ0v) is 15.3. The quantitative estimate of drug-likeness (QED) is 0.747. The van der Waals surface area contributed by atoms with Gasteiger partial charge >= 0.3 is 0 Å². The van der Waals surface area contributed by atoms with Gasteiger partial charge in [-0.3, -0.25) is 4.79 Å². The number of ketones is 1. The summed E-state index contributed by atoms with van der Waals surface area (Å²) in [7, 11) is 0. The Kier molecular flexibility index (Phi) is 5.28. The van der Waals surface area contributed by atoms with Crippen LogP contribution in [0.2, 0.25) is 0 Å². The maximum atomic E-state index is 14.5. The first-order chi connectivity index (χ1) is 13.8. The van der Waals surface area contributed by atoms with Gasteiger partial charge in [-0.15, -0.1) is 0 Å². The van der Waals surface area contributed by atoms with Crippen molar-refractivity contribution in [2.45, 2.75) is 18.9 Å². The molecule has 0 spiro atoms. The lowest BCUT2D eigenvalue weighted by molar-refractivity contribution is 0.0985. The Bertz CT molecular complexity index is 1090. The summed E-state index contributed by atoms with van der Waals surface area (Å²) in [6.07, 6.45) is 2.31. The molecule has 0 unspecified atom stereocenters. The largest absolute Gasteiger partial charge is 0.506 e. The number of aromatic hydroxyl groups is 1. The molecule has 0 amide bonds. The van der Waals surface area contributed by atoms with Crippen LogP contribution in [0.3, 0.4) is 0 Å². The highest BCUT2D eigenvalue weighted by molar-refractivity contribution is 5.98. The Balaban J connectivity index is 1.94. The van der Waals surface area contributed by atoms with Crippen molar-refractivity contribution in [3.8, 4) is 11.8 Å². The number of amidine groups is 1. The average molecular weight is 398 g/mol. The number of nitrogens with two attached hydrogens (primary N) is 1. The molecule has 0 radical (unpaired) electrons. The minimum Gasteiger partial charge on any atom is -0.506 e. The molecule has 1 aromatic heterocycles. The van der Waals surface area contributed by atoms with Gasteiger partial charge < -0.3 is 15.6 Å². The van der Waals surface area contributed by atoms with Crippen LogP contribution in [0.15, 0.2) is 47.3 Å². The maximum Gasteiger partial charge on any atom is 0.288 e. The monoisotopic (exact) mass is 398 g/mol. The lowest BCUT2D eigenvalue weighted by Crippen LogP contribution is -2.31. The second-order valence-electron chi connectivity index (χ2n) is 6.56. The van der Waals surface area contributed by atoms with Crippen molar-refractivity contribution in [1.82, 2.24) is 4.98 Å².